The molecule has 0 radical (unpaired) electrons. The number of allylic oxidation sites excluding steroid dienone is 4. The first-order valence-corrected chi connectivity index (χ1v) is 12.4. The molecule has 186 valence electrons. The third-order valence-corrected chi connectivity index (χ3v) is 6.64. The van der Waals surface area contributed by atoms with Gasteiger partial charge in [-0.15, -0.1) is 0 Å². The van der Waals surface area contributed by atoms with Gasteiger partial charge in [-0.05, 0) is 42.9 Å². The number of methoxy groups -OCH3 is 1. The summed E-state index contributed by atoms with van der Waals surface area (Å²) in [5.41, 5.74) is 1.72. The van der Waals surface area contributed by atoms with E-state index in [1.54, 1.807) is 6.08 Å². The summed E-state index contributed by atoms with van der Waals surface area (Å²) in [6.45, 7) is 7.59. The molecule has 0 aromatic heterocycles. The van der Waals surface area contributed by atoms with E-state index in [1.807, 2.05) is 38.1 Å². The van der Waals surface area contributed by atoms with Crippen molar-refractivity contribution in [1.29, 1.82) is 0 Å². The Balaban J connectivity index is 2.22. The van der Waals surface area contributed by atoms with Gasteiger partial charge in [-0.2, -0.15) is 0 Å². The van der Waals surface area contributed by atoms with E-state index in [2.05, 4.69) is 29.9 Å². The summed E-state index contributed by atoms with van der Waals surface area (Å²) in [6, 6.07) is 8.02. The first-order valence-electron chi connectivity index (χ1n) is 12.4. The van der Waals surface area contributed by atoms with Gasteiger partial charge in [-0.3, -0.25) is 14.4 Å². The van der Waals surface area contributed by atoms with E-state index in [0.717, 1.165) is 43.2 Å². The van der Waals surface area contributed by atoms with Crippen LogP contribution in [0, 0.1) is 11.3 Å². The van der Waals surface area contributed by atoms with E-state index in [9.17, 15) is 14.4 Å². The van der Waals surface area contributed by atoms with Crippen molar-refractivity contribution in [2.45, 2.75) is 84.7 Å². The Morgan fingerprint density at radius 1 is 1.06 bits per heavy atom. The third kappa shape index (κ3) is 7.68. The molecule has 5 heteroatoms. The molecule has 0 amide bonds. The van der Waals surface area contributed by atoms with E-state index in [0.29, 0.717) is 12.8 Å². The lowest BCUT2D eigenvalue weighted by Crippen LogP contribution is -2.22. The minimum atomic E-state index is -0.394. The maximum atomic E-state index is 13.0. The van der Waals surface area contributed by atoms with E-state index in [-0.39, 0.29) is 35.7 Å². The van der Waals surface area contributed by atoms with Crippen molar-refractivity contribution in [1.82, 2.24) is 0 Å². The highest BCUT2D eigenvalue weighted by Crippen LogP contribution is 2.49. The summed E-state index contributed by atoms with van der Waals surface area (Å²) >= 11 is 0. The van der Waals surface area contributed by atoms with Gasteiger partial charge in [0.1, 0.15) is 6.10 Å². The van der Waals surface area contributed by atoms with Gasteiger partial charge in [0, 0.05) is 30.6 Å². The predicted octanol–water partition coefficient (Wildman–Crippen LogP) is 6.64. The summed E-state index contributed by atoms with van der Waals surface area (Å²) in [5.74, 6) is -0.404. The van der Waals surface area contributed by atoms with Gasteiger partial charge in [0.2, 0.25) is 0 Å². The van der Waals surface area contributed by atoms with Gasteiger partial charge in [-0.1, -0.05) is 76.1 Å². The normalized spacial score (nSPS) is 20.0. The molecule has 5 nitrogen and oxygen atoms in total. The molecule has 0 N–H and O–H groups in total. The number of ketones is 1. The van der Waals surface area contributed by atoms with Crippen LogP contribution in [0.1, 0.15) is 95.8 Å². The molecule has 0 fully saturated rings. The Kier molecular flexibility index (Phi) is 10.7. The molecule has 0 saturated heterocycles. The van der Waals surface area contributed by atoms with Crippen molar-refractivity contribution in [2.75, 3.05) is 7.11 Å². The summed E-state index contributed by atoms with van der Waals surface area (Å²) < 4.78 is 10.5. The first-order chi connectivity index (χ1) is 16.2. The average Bonchev–Trinajstić information content (AvgIpc) is 3.09. The van der Waals surface area contributed by atoms with Crippen molar-refractivity contribution in [3.8, 4) is 0 Å². The second kappa shape index (κ2) is 13.3. The molecular weight excluding hydrogens is 428 g/mol. The number of carbonyl (C=O) groups excluding carboxylic acids is 3. The van der Waals surface area contributed by atoms with Crippen LogP contribution >= 0.6 is 0 Å². The Morgan fingerprint density at radius 3 is 2.41 bits per heavy atom. The Hall–Kier alpha value is -2.69. The van der Waals surface area contributed by atoms with E-state index >= 15 is 0 Å². The molecule has 1 aromatic carbocycles. The van der Waals surface area contributed by atoms with Gasteiger partial charge in [-0.25, -0.2) is 0 Å². The van der Waals surface area contributed by atoms with Crippen LogP contribution < -0.4 is 0 Å². The molecule has 2 rings (SSSR count). The van der Waals surface area contributed by atoms with E-state index in [4.69, 9.17) is 4.74 Å². The molecule has 1 unspecified atom stereocenters. The van der Waals surface area contributed by atoms with E-state index < -0.39 is 5.41 Å². The fourth-order valence-electron chi connectivity index (χ4n) is 4.57. The number of hydrogen-bond acceptors (Lipinski definition) is 5. The highest BCUT2D eigenvalue weighted by molar-refractivity contribution is 5.94. The number of benzene rings is 1. The number of hydrogen-bond donors (Lipinski definition) is 0. The lowest BCUT2D eigenvalue weighted by molar-refractivity contribution is -0.149. The third-order valence-electron chi connectivity index (χ3n) is 6.64. The van der Waals surface area contributed by atoms with Crippen molar-refractivity contribution in [3.63, 3.8) is 0 Å². The molecule has 0 heterocycles. The van der Waals surface area contributed by atoms with Gasteiger partial charge in [0.05, 0.1) is 7.11 Å². The van der Waals surface area contributed by atoms with Crippen LogP contribution in [0.3, 0.4) is 0 Å². The molecule has 1 aromatic rings. The summed E-state index contributed by atoms with van der Waals surface area (Å²) in [4.78, 5) is 36.2. The van der Waals surface area contributed by atoms with Crippen LogP contribution in [0.25, 0.3) is 0 Å². The van der Waals surface area contributed by atoms with Crippen LogP contribution in [0.4, 0.5) is 0 Å². The molecule has 0 saturated carbocycles. The Morgan fingerprint density at radius 2 is 1.76 bits per heavy atom. The smallest absolute Gasteiger partial charge is 0.305 e. The Bertz CT molecular complexity index is 896. The predicted molar refractivity (Wildman–Crippen MR) is 134 cm³/mol. The van der Waals surface area contributed by atoms with Crippen LogP contribution in [0.15, 0.2) is 48.6 Å². The van der Waals surface area contributed by atoms with Crippen LogP contribution in [0.2, 0.25) is 0 Å². The van der Waals surface area contributed by atoms with Crippen molar-refractivity contribution >= 4 is 17.7 Å². The van der Waals surface area contributed by atoms with Crippen molar-refractivity contribution in [2.24, 2.45) is 11.3 Å². The Labute approximate surface area is 204 Å². The molecule has 3 atom stereocenters. The van der Waals surface area contributed by atoms with Crippen molar-refractivity contribution in [3.05, 3.63) is 59.7 Å². The fourth-order valence-corrected chi connectivity index (χ4v) is 4.57. The first kappa shape index (κ1) is 27.6. The zero-order valence-corrected chi connectivity index (χ0v) is 21.3. The van der Waals surface area contributed by atoms with Gasteiger partial charge in [0.25, 0.3) is 0 Å². The van der Waals surface area contributed by atoms with Crippen LogP contribution in [-0.4, -0.2) is 24.8 Å². The average molecular weight is 469 g/mol. The van der Waals surface area contributed by atoms with Crippen LogP contribution in [-0.2, 0) is 23.9 Å². The number of unbranched alkanes of at least 4 members (excludes halogenated alkanes) is 2. The number of carbonyl (C=O) groups is 3. The lowest BCUT2D eigenvalue weighted by Gasteiger charge is -2.24. The zero-order chi connectivity index (χ0) is 25.1. The van der Waals surface area contributed by atoms with Gasteiger partial charge < -0.3 is 9.47 Å². The molecule has 0 spiro atoms. The number of ether oxygens (including phenoxy) is 2. The quantitative estimate of drug-likeness (QED) is 0.141. The number of rotatable bonds is 13. The van der Waals surface area contributed by atoms with Gasteiger partial charge in [0.15, 0.2) is 5.78 Å². The SMILES string of the molecule is CCCCC(C)(C)C(=O)C=CC1c2ccccc2[C@@H](OC(C)=O)[C@@H]1C/C=C\CCCC(=O)OC. The van der Waals surface area contributed by atoms with Gasteiger partial charge >= 0.3 is 11.9 Å². The van der Waals surface area contributed by atoms with Crippen molar-refractivity contribution < 1.29 is 23.9 Å². The zero-order valence-electron chi connectivity index (χ0n) is 21.3. The molecule has 1 aliphatic carbocycles. The molecule has 0 bridgehead atoms. The number of esters is 2. The highest BCUT2D eigenvalue weighted by atomic mass is 16.5. The summed E-state index contributed by atoms with van der Waals surface area (Å²) in [6.07, 6.45) is 13.1. The standard InChI is InChI=1S/C29H40O5/c1-6-7-20-29(3,4)26(31)19-18-23-22-14-12-13-16-24(22)28(34-21(2)30)25(23)15-10-8-9-11-17-27(32)33-5/h8,10,12-14,16,18-19,23,25,28H,6-7,9,11,15,17,20H2,1-5H3/b10-8-,19-18?/t23?,25-,28-/m1/s1. The fraction of sp³-hybridized carbons (Fsp3) is 0.552. The minimum Gasteiger partial charge on any atom is -0.469 e. The molecular formula is C29H40O5. The number of fused-ring (bicyclic) bond motifs is 1. The second-order valence-electron chi connectivity index (χ2n) is 9.73. The molecule has 1 aliphatic rings. The minimum absolute atomic E-state index is 0.000890. The highest BCUT2D eigenvalue weighted by Gasteiger charge is 2.41. The molecule has 0 aliphatic heterocycles. The maximum Gasteiger partial charge on any atom is 0.305 e. The molecule has 34 heavy (non-hydrogen) atoms. The van der Waals surface area contributed by atoms with Crippen LogP contribution in [0.5, 0.6) is 0 Å². The lowest BCUT2D eigenvalue weighted by atomic mass is 9.81. The maximum absolute atomic E-state index is 13.0. The summed E-state index contributed by atoms with van der Waals surface area (Å²) in [7, 11) is 1.40. The second-order valence-corrected chi connectivity index (χ2v) is 9.73. The topological polar surface area (TPSA) is 69.7 Å². The summed E-state index contributed by atoms with van der Waals surface area (Å²) in [5, 5.41) is 0. The van der Waals surface area contributed by atoms with E-state index in [1.165, 1.54) is 14.0 Å². The largest absolute Gasteiger partial charge is 0.469 e. The monoisotopic (exact) mass is 468 g/mol.